The summed E-state index contributed by atoms with van der Waals surface area (Å²) >= 11 is 0. The summed E-state index contributed by atoms with van der Waals surface area (Å²) in [6, 6.07) is 16.6. The van der Waals surface area contributed by atoms with E-state index in [4.69, 9.17) is 4.42 Å². The summed E-state index contributed by atoms with van der Waals surface area (Å²) in [5, 5.41) is 11.7. The fourth-order valence-corrected chi connectivity index (χ4v) is 3.99. The van der Waals surface area contributed by atoms with Gasteiger partial charge in [0.05, 0.1) is 11.1 Å². The molecule has 3 heteroatoms. The molecule has 0 spiro atoms. The van der Waals surface area contributed by atoms with Crippen molar-refractivity contribution in [1.29, 1.82) is 5.26 Å². The number of hydrogen-bond donors (Lipinski definition) is 0. The monoisotopic (exact) mass is 355 g/mol. The van der Waals surface area contributed by atoms with Gasteiger partial charge in [0.25, 0.3) is 0 Å². The number of aryl methyl sites for hydroxylation is 2. The molecule has 0 atom stereocenters. The first-order valence-corrected chi connectivity index (χ1v) is 9.34. The predicted octanol–water partition coefficient (Wildman–Crippen LogP) is 5.46. The molecule has 4 rings (SSSR count). The molecule has 0 unspecified atom stereocenters. The molecule has 0 radical (unpaired) electrons. The fraction of sp³-hybridized carbons (Fsp3) is 0.250. The molecule has 27 heavy (non-hydrogen) atoms. The molecular weight excluding hydrogens is 332 g/mol. The Balaban J connectivity index is 2.19. The summed E-state index contributed by atoms with van der Waals surface area (Å²) in [7, 11) is 2.05. The van der Waals surface area contributed by atoms with Crippen LogP contribution in [0.15, 0.2) is 53.1 Å². The highest BCUT2D eigenvalue weighted by Crippen LogP contribution is 2.40. The van der Waals surface area contributed by atoms with Gasteiger partial charge >= 0.3 is 0 Å². The lowest BCUT2D eigenvalue weighted by atomic mass is 9.92. The van der Waals surface area contributed by atoms with Crippen molar-refractivity contribution < 1.29 is 8.98 Å². The molecule has 0 fully saturated rings. The molecule has 0 aliphatic heterocycles. The Morgan fingerprint density at radius 1 is 1.11 bits per heavy atom. The summed E-state index contributed by atoms with van der Waals surface area (Å²) in [6.07, 6.45) is 3.02. The van der Waals surface area contributed by atoms with E-state index in [1.165, 1.54) is 11.1 Å². The zero-order valence-electron chi connectivity index (χ0n) is 16.2. The van der Waals surface area contributed by atoms with Crippen LogP contribution >= 0.6 is 0 Å². The van der Waals surface area contributed by atoms with Crippen LogP contribution in [0.1, 0.15) is 30.5 Å². The first-order valence-electron chi connectivity index (χ1n) is 9.34. The van der Waals surface area contributed by atoms with E-state index in [9.17, 15) is 5.26 Å². The quantitative estimate of drug-likeness (QED) is 0.458. The molecule has 0 N–H and O–H groups in total. The lowest BCUT2D eigenvalue weighted by molar-refractivity contribution is -0.660. The van der Waals surface area contributed by atoms with E-state index in [-0.39, 0.29) is 0 Å². The minimum absolute atomic E-state index is 0.537. The van der Waals surface area contributed by atoms with Crippen LogP contribution in [0.2, 0.25) is 0 Å². The third-order valence-electron chi connectivity index (χ3n) is 5.11. The molecular formula is C24H23N2O+. The molecule has 2 aromatic carbocycles. The van der Waals surface area contributed by atoms with Crippen molar-refractivity contribution in [2.45, 2.75) is 27.2 Å². The number of nitrogens with zero attached hydrogens (tertiary/aromatic N) is 2. The van der Waals surface area contributed by atoms with E-state index in [2.05, 4.69) is 49.6 Å². The number of fused-ring (bicyclic) bond motifs is 3. The molecule has 0 saturated carbocycles. The number of nitriles is 1. The second-order valence-electron chi connectivity index (χ2n) is 7.62. The summed E-state index contributed by atoms with van der Waals surface area (Å²) in [5.74, 6) is 0.537. The first-order chi connectivity index (χ1) is 13.0. The standard InChI is InChI=1S/C24H23N2O/c1-15(2)12-18-13-16(3)21(20-10-5-6-11-26(20)4)24-22(18)19-9-7-8-17(14-25)23(19)27-24/h5-11,13,15H,12H2,1-4H3/q+1. The molecule has 134 valence electrons. The fourth-order valence-electron chi connectivity index (χ4n) is 3.99. The Morgan fingerprint density at radius 3 is 2.63 bits per heavy atom. The van der Waals surface area contributed by atoms with Crippen molar-refractivity contribution in [1.82, 2.24) is 0 Å². The van der Waals surface area contributed by atoms with Crippen LogP contribution in [-0.4, -0.2) is 0 Å². The molecule has 2 heterocycles. The molecule has 4 aromatic rings. The minimum Gasteiger partial charge on any atom is -0.454 e. The molecule has 0 aliphatic carbocycles. The van der Waals surface area contributed by atoms with Gasteiger partial charge < -0.3 is 4.42 Å². The van der Waals surface area contributed by atoms with Crippen LogP contribution in [0, 0.1) is 24.2 Å². The number of rotatable bonds is 3. The second kappa shape index (κ2) is 6.55. The topological polar surface area (TPSA) is 40.8 Å². The van der Waals surface area contributed by atoms with Crippen molar-refractivity contribution in [3.05, 3.63) is 65.4 Å². The van der Waals surface area contributed by atoms with Crippen molar-refractivity contribution in [2.24, 2.45) is 13.0 Å². The van der Waals surface area contributed by atoms with Crippen molar-refractivity contribution in [2.75, 3.05) is 0 Å². The second-order valence-corrected chi connectivity index (χ2v) is 7.62. The SMILES string of the molecule is Cc1cc(CC(C)C)c2c(oc3c(C#N)cccc32)c1-c1cccc[n+]1C. The number of benzene rings is 2. The molecule has 2 aromatic heterocycles. The minimum atomic E-state index is 0.537. The molecule has 0 aliphatic rings. The maximum absolute atomic E-state index is 9.55. The van der Waals surface area contributed by atoms with Crippen molar-refractivity contribution in [3.8, 4) is 17.3 Å². The average Bonchev–Trinajstić information content (AvgIpc) is 3.02. The van der Waals surface area contributed by atoms with Gasteiger partial charge in [0.1, 0.15) is 18.7 Å². The third kappa shape index (κ3) is 2.78. The van der Waals surface area contributed by atoms with Crippen LogP contribution in [0.3, 0.4) is 0 Å². The van der Waals surface area contributed by atoms with E-state index >= 15 is 0 Å². The van der Waals surface area contributed by atoms with Gasteiger partial charge in [-0.3, -0.25) is 0 Å². The first kappa shape index (κ1) is 17.3. The zero-order chi connectivity index (χ0) is 19.1. The van der Waals surface area contributed by atoms with E-state index in [0.717, 1.165) is 34.0 Å². The summed E-state index contributed by atoms with van der Waals surface area (Å²) in [6.45, 7) is 6.61. The maximum atomic E-state index is 9.55. The Labute approximate surface area is 159 Å². The van der Waals surface area contributed by atoms with Crippen LogP contribution in [0.25, 0.3) is 33.2 Å². The lowest BCUT2D eigenvalue weighted by Gasteiger charge is -2.12. The smallest absolute Gasteiger partial charge is 0.216 e. The number of para-hydroxylation sites is 1. The Bertz CT molecular complexity index is 1210. The number of furan rings is 1. The van der Waals surface area contributed by atoms with Gasteiger partial charge in [-0.15, -0.1) is 0 Å². The van der Waals surface area contributed by atoms with Crippen LogP contribution in [0.4, 0.5) is 0 Å². The summed E-state index contributed by atoms with van der Waals surface area (Å²) < 4.78 is 8.50. The predicted molar refractivity (Wildman–Crippen MR) is 108 cm³/mol. The number of pyridine rings is 1. The van der Waals surface area contributed by atoms with Gasteiger partial charge in [0.15, 0.2) is 11.8 Å². The van der Waals surface area contributed by atoms with Crippen LogP contribution in [0.5, 0.6) is 0 Å². The largest absolute Gasteiger partial charge is 0.454 e. The van der Waals surface area contributed by atoms with Crippen molar-refractivity contribution >= 4 is 21.9 Å². The normalized spacial score (nSPS) is 11.4. The van der Waals surface area contributed by atoms with E-state index in [1.54, 1.807) is 0 Å². The van der Waals surface area contributed by atoms with Gasteiger partial charge in [-0.05, 0) is 42.5 Å². The van der Waals surface area contributed by atoms with Gasteiger partial charge in [0.2, 0.25) is 5.69 Å². The molecule has 0 bridgehead atoms. The Morgan fingerprint density at radius 2 is 1.93 bits per heavy atom. The number of hydrogen-bond acceptors (Lipinski definition) is 2. The van der Waals surface area contributed by atoms with Gasteiger partial charge in [-0.2, -0.15) is 5.26 Å². The van der Waals surface area contributed by atoms with E-state index in [1.807, 2.05) is 37.5 Å². The van der Waals surface area contributed by atoms with E-state index < -0.39 is 0 Å². The van der Waals surface area contributed by atoms with Crippen LogP contribution < -0.4 is 4.57 Å². The van der Waals surface area contributed by atoms with Gasteiger partial charge in [-0.1, -0.05) is 32.0 Å². The third-order valence-corrected chi connectivity index (χ3v) is 5.11. The highest BCUT2D eigenvalue weighted by Gasteiger charge is 2.23. The Hall–Kier alpha value is -3.12. The summed E-state index contributed by atoms with van der Waals surface area (Å²) in [5.41, 5.74) is 6.83. The zero-order valence-corrected chi connectivity index (χ0v) is 16.2. The summed E-state index contributed by atoms with van der Waals surface area (Å²) in [4.78, 5) is 0. The average molecular weight is 355 g/mol. The highest BCUT2D eigenvalue weighted by molar-refractivity contribution is 6.12. The van der Waals surface area contributed by atoms with Gasteiger partial charge in [0, 0.05) is 22.9 Å². The van der Waals surface area contributed by atoms with Gasteiger partial charge in [-0.25, -0.2) is 4.57 Å². The lowest BCUT2D eigenvalue weighted by Crippen LogP contribution is -2.30. The van der Waals surface area contributed by atoms with Crippen molar-refractivity contribution in [3.63, 3.8) is 0 Å². The molecule has 0 saturated heterocycles. The molecule has 3 nitrogen and oxygen atoms in total. The Kier molecular flexibility index (Phi) is 4.20. The highest BCUT2D eigenvalue weighted by atomic mass is 16.3. The number of aromatic nitrogens is 1. The van der Waals surface area contributed by atoms with Crippen LogP contribution in [-0.2, 0) is 13.5 Å². The maximum Gasteiger partial charge on any atom is 0.216 e. The van der Waals surface area contributed by atoms with E-state index in [0.29, 0.717) is 17.1 Å². The molecule has 0 amide bonds.